The first kappa shape index (κ1) is 20.2. The van der Waals surface area contributed by atoms with E-state index >= 15 is 0 Å². The molecule has 2 aromatic rings. The quantitative estimate of drug-likeness (QED) is 0.778. The van der Waals surface area contributed by atoms with Crippen molar-refractivity contribution in [1.82, 2.24) is 10.2 Å². The topological polar surface area (TPSA) is 78.9 Å². The molecule has 2 fully saturated rings. The lowest BCUT2D eigenvalue weighted by Gasteiger charge is -2.24. The number of nitrogens with one attached hydrogen (secondary N) is 1. The first-order valence-electron chi connectivity index (χ1n) is 10.2. The predicted octanol–water partition coefficient (Wildman–Crippen LogP) is 4.01. The number of hydrogen-bond acceptors (Lipinski definition) is 3. The van der Waals surface area contributed by atoms with Crippen molar-refractivity contribution < 1.29 is 23.8 Å². The molecule has 3 atom stereocenters. The lowest BCUT2D eigenvalue weighted by Crippen LogP contribution is -2.37. The lowest BCUT2D eigenvalue weighted by molar-refractivity contribution is 0.137. The molecule has 1 aliphatic heterocycles. The van der Waals surface area contributed by atoms with Crippen molar-refractivity contribution in [2.24, 2.45) is 11.8 Å². The molecule has 2 aromatic carbocycles. The molecule has 6 nitrogen and oxygen atoms in total. The molecule has 4 rings (SSSR count). The molecule has 1 heterocycles. The van der Waals surface area contributed by atoms with Gasteiger partial charge in [-0.25, -0.2) is 14.0 Å². The third-order valence-electron chi connectivity index (χ3n) is 6.50. The summed E-state index contributed by atoms with van der Waals surface area (Å²) >= 11 is 0. The molecule has 1 unspecified atom stereocenters. The van der Waals surface area contributed by atoms with E-state index in [-0.39, 0.29) is 30.8 Å². The monoisotopic (exact) mass is 412 g/mol. The standard InChI is InChI=1S/C23H25FN2O4/c24-20-9-5-4-8-19(20)23(17-10-12-26(22(28)29)13-11-18(17)23)15-25-21(27)30-14-16-6-2-1-3-7-16/h1-9,17-18H,10-15H2,(H,25,27)(H,28,29)/t17-,18+,23?. The van der Waals surface area contributed by atoms with Crippen LogP contribution in [0, 0.1) is 17.7 Å². The Labute approximate surface area is 174 Å². The Hall–Kier alpha value is -3.09. The van der Waals surface area contributed by atoms with Crippen LogP contribution < -0.4 is 5.32 Å². The number of fused-ring (bicyclic) bond motifs is 1. The van der Waals surface area contributed by atoms with E-state index in [9.17, 15) is 19.1 Å². The second-order valence-electron chi connectivity index (χ2n) is 8.00. The van der Waals surface area contributed by atoms with Crippen LogP contribution in [0.1, 0.15) is 24.0 Å². The largest absolute Gasteiger partial charge is 0.465 e. The van der Waals surface area contributed by atoms with Gasteiger partial charge in [-0.1, -0.05) is 48.5 Å². The van der Waals surface area contributed by atoms with Gasteiger partial charge < -0.3 is 20.1 Å². The fraction of sp³-hybridized carbons (Fsp3) is 0.391. The van der Waals surface area contributed by atoms with Crippen molar-refractivity contribution in [2.45, 2.75) is 24.9 Å². The molecule has 2 aliphatic rings. The highest BCUT2D eigenvalue weighted by atomic mass is 19.1. The molecule has 30 heavy (non-hydrogen) atoms. The van der Waals surface area contributed by atoms with Crippen LogP contribution >= 0.6 is 0 Å². The van der Waals surface area contributed by atoms with E-state index in [4.69, 9.17) is 4.74 Å². The van der Waals surface area contributed by atoms with Gasteiger partial charge >= 0.3 is 12.2 Å². The van der Waals surface area contributed by atoms with Crippen molar-refractivity contribution >= 4 is 12.2 Å². The van der Waals surface area contributed by atoms with Crippen molar-refractivity contribution in [2.75, 3.05) is 19.6 Å². The van der Waals surface area contributed by atoms with Gasteiger partial charge in [0, 0.05) is 25.0 Å². The van der Waals surface area contributed by atoms with Crippen LogP contribution in [-0.4, -0.2) is 41.8 Å². The molecule has 2 N–H and O–H groups in total. The van der Waals surface area contributed by atoms with Crippen molar-refractivity contribution in [1.29, 1.82) is 0 Å². The minimum absolute atomic E-state index is 0.119. The number of amides is 2. The van der Waals surface area contributed by atoms with E-state index in [0.717, 1.165) is 5.56 Å². The molecule has 1 aliphatic carbocycles. The Kier molecular flexibility index (Phi) is 5.61. The van der Waals surface area contributed by atoms with Gasteiger partial charge in [0.2, 0.25) is 0 Å². The number of carbonyl (C=O) groups excluding carboxylic acids is 1. The van der Waals surface area contributed by atoms with Gasteiger partial charge in [-0.05, 0) is 41.9 Å². The van der Waals surface area contributed by atoms with E-state index in [1.807, 2.05) is 30.3 Å². The Bertz CT molecular complexity index is 906. The molecule has 1 saturated carbocycles. The number of rotatable bonds is 5. The second-order valence-corrected chi connectivity index (χ2v) is 8.00. The summed E-state index contributed by atoms with van der Waals surface area (Å²) in [6.07, 6.45) is -0.170. The molecular formula is C23H25FN2O4. The zero-order valence-electron chi connectivity index (χ0n) is 16.6. The van der Waals surface area contributed by atoms with Gasteiger partial charge in [0.05, 0.1) is 0 Å². The molecule has 1 saturated heterocycles. The second kappa shape index (κ2) is 8.34. The Morgan fingerprint density at radius 2 is 1.70 bits per heavy atom. The number of halogens is 1. The molecule has 2 amide bonds. The van der Waals surface area contributed by atoms with Gasteiger partial charge in [-0.2, -0.15) is 0 Å². The van der Waals surface area contributed by atoms with E-state index in [2.05, 4.69) is 5.32 Å². The fourth-order valence-electron chi connectivity index (χ4n) is 5.00. The molecule has 0 radical (unpaired) electrons. The van der Waals surface area contributed by atoms with Gasteiger partial charge in [0.25, 0.3) is 0 Å². The maximum absolute atomic E-state index is 14.7. The van der Waals surface area contributed by atoms with Crippen LogP contribution in [0.2, 0.25) is 0 Å². The average molecular weight is 412 g/mol. The number of hydrogen-bond donors (Lipinski definition) is 2. The minimum atomic E-state index is -0.921. The van der Waals surface area contributed by atoms with Crippen LogP contribution in [0.5, 0.6) is 0 Å². The molecule has 0 spiro atoms. The zero-order chi connectivity index (χ0) is 21.1. The van der Waals surface area contributed by atoms with Gasteiger partial charge in [0.15, 0.2) is 0 Å². The summed E-state index contributed by atoms with van der Waals surface area (Å²) in [6.45, 7) is 1.28. The van der Waals surface area contributed by atoms with Crippen molar-refractivity contribution in [3.8, 4) is 0 Å². The van der Waals surface area contributed by atoms with Crippen molar-refractivity contribution in [3.05, 3.63) is 71.5 Å². The highest BCUT2D eigenvalue weighted by Crippen LogP contribution is 2.64. The Morgan fingerprint density at radius 3 is 2.33 bits per heavy atom. The van der Waals surface area contributed by atoms with E-state index in [1.54, 1.807) is 18.2 Å². The van der Waals surface area contributed by atoms with Crippen LogP contribution in [0.15, 0.2) is 54.6 Å². The van der Waals surface area contributed by atoms with Crippen LogP contribution in [0.3, 0.4) is 0 Å². The zero-order valence-corrected chi connectivity index (χ0v) is 16.6. The van der Waals surface area contributed by atoms with E-state index in [1.165, 1.54) is 11.0 Å². The van der Waals surface area contributed by atoms with Crippen molar-refractivity contribution in [3.63, 3.8) is 0 Å². The maximum Gasteiger partial charge on any atom is 0.407 e. The predicted molar refractivity (Wildman–Crippen MR) is 109 cm³/mol. The molecule has 0 bridgehead atoms. The summed E-state index contributed by atoms with van der Waals surface area (Å²) < 4.78 is 20.0. The van der Waals surface area contributed by atoms with Gasteiger partial charge in [0.1, 0.15) is 12.4 Å². The maximum atomic E-state index is 14.7. The Morgan fingerprint density at radius 1 is 1.07 bits per heavy atom. The summed E-state index contributed by atoms with van der Waals surface area (Å²) in [4.78, 5) is 25.0. The van der Waals surface area contributed by atoms with Crippen LogP contribution in [0.4, 0.5) is 14.0 Å². The number of alkyl carbamates (subject to hydrolysis) is 1. The lowest BCUT2D eigenvalue weighted by atomic mass is 9.89. The van der Waals surface area contributed by atoms with Crippen LogP contribution in [0.25, 0.3) is 0 Å². The average Bonchev–Trinajstić information content (AvgIpc) is 3.43. The van der Waals surface area contributed by atoms with Gasteiger partial charge in [-0.3, -0.25) is 0 Å². The number of carboxylic acid groups (broad SMARTS) is 1. The number of benzene rings is 2. The number of ether oxygens (including phenoxy) is 1. The number of carbonyl (C=O) groups is 2. The first-order valence-corrected chi connectivity index (χ1v) is 10.2. The normalized spacial score (nSPS) is 25.0. The number of likely N-dealkylation sites (tertiary alicyclic amines) is 1. The van der Waals surface area contributed by atoms with E-state index in [0.29, 0.717) is 31.5 Å². The molecule has 7 heteroatoms. The third-order valence-corrected chi connectivity index (χ3v) is 6.50. The van der Waals surface area contributed by atoms with Crippen LogP contribution in [-0.2, 0) is 16.8 Å². The fourth-order valence-corrected chi connectivity index (χ4v) is 5.00. The third kappa shape index (κ3) is 3.84. The smallest absolute Gasteiger partial charge is 0.407 e. The minimum Gasteiger partial charge on any atom is -0.465 e. The van der Waals surface area contributed by atoms with E-state index < -0.39 is 17.6 Å². The Balaban J connectivity index is 1.46. The first-order chi connectivity index (χ1) is 14.5. The summed E-state index contributed by atoms with van der Waals surface area (Å²) in [5.41, 5.74) is 0.954. The summed E-state index contributed by atoms with van der Waals surface area (Å²) in [5.74, 6) is -0.0542. The molecular weight excluding hydrogens is 387 g/mol. The highest BCUT2D eigenvalue weighted by Gasteiger charge is 2.65. The highest BCUT2D eigenvalue weighted by molar-refractivity contribution is 5.68. The summed E-state index contributed by atoms with van der Waals surface area (Å²) in [6, 6.07) is 16.1. The number of nitrogens with zero attached hydrogens (tertiary/aromatic N) is 1. The van der Waals surface area contributed by atoms with Gasteiger partial charge in [-0.15, -0.1) is 0 Å². The summed E-state index contributed by atoms with van der Waals surface area (Å²) in [7, 11) is 0. The molecule has 158 valence electrons. The SMILES string of the molecule is O=C(NCC1(c2ccccc2F)[C@@H]2CCN(C(=O)O)CC[C@@H]21)OCc1ccccc1. The summed E-state index contributed by atoms with van der Waals surface area (Å²) in [5, 5.41) is 12.1. The molecule has 0 aromatic heterocycles.